The Morgan fingerprint density at radius 1 is 1.14 bits per heavy atom. The largest absolute Gasteiger partial charge is 0.497 e. The molecule has 2 aromatic rings. The Kier molecular flexibility index (Phi) is 8.55. The minimum Gasteiger partial charge on any atom is -0.497 e. The Morgan fingerprint density at radius 2 is 1.88 bits per heavy atom. The van der Waals surface area contributed by atoms with Gasteiger partial charge in [-0.2, -0.15) is 0 Å². The van der Waals surface area contributed by atoms with Gasteiger partial charge >= 0.3 is 11.9 Å². The number of aromatic carboxylic acids is 1. The lowest BCUT2D eigenvalue weighted by molar-refractivity contribution is -0.163. The molecule has 228 valence electrons. The molecule has 5 rings (SSSR count). The Hall–Kier alpha value is -3.87. The Balaban J connectivity index is 1.41. The number of amides is 2. The maximum Gasteiger partial charge on any atom is 0.353 e. The first kappa shape index (κ1) is 30.6. The van der Waals surface area contributed by atoms with Crippen LogP contribution >= 0.6 is 11.8 Å². The molecule has 3 aliphatic heterocycles. The second kappa shape index (κ2) is 12.0. The highest BCUT2D eigenvalue weighted by Gasteiger charge is 2.60. The van der Waals surface area contributed by atoms with Gasteiger partial charge < -0.3 is 30.3 Å². The van der Waals surface area contributed by atoms with E-state index in [1.165, 1.54) is 28.8 Å². The van der Waals surface area contributed by atoms with Gasteiger partial charge in [-0.05, 0) is 61.7 Å². The molecular formula is C31H35N3O8S. The van der Waals surface area contributed by atoms with Crippen LogP contribution in [0.15, 0.2) is 53.1 Å². The van der Waals surface area contributed by atoms with Crippen molar-refractivity contribution in [3.63, 3.8) is 0 Å². The number of aliphatic hydroxyl groups excluding tert-OH is 1. The molecular weight excluding hydrogens is 574 g/mol. The van der Waals surface area contributed by atoms with Crippen LogP contribution < -0.4 is 10.1 Å². The fourth-order valence-electron chi connectivity index (χ4n) is 6.48. The smallest absolute Gasteiger partial charge is 0.353 e. The van der Waals surface area contributed by atoms with E-state index in [0.29, 0.717) is 35.9 Å². The number of rotatable bonds is 10. The van der Waals surface area contributed by atoms with Crippen molar-refractivity contribution in [1.29, 1.82) is 0 Å². The van der Waals surface area contributed by atoms with Crippen molar-refractivity contribution in [2.45, 2.75) is 57.2 Å². The van der Waals surface area contributed by atoms with Gasteiger partial charge in [-0.3, -0.25) is 14.5 Å². The zero-order valence-electron chi connectivity index (χ0n) is 24.3. The third-order valence-electron chi connectivity index (χ3n) is 8.38. The number of ether oxygens (including phenoxy) is 1. The molecule has 6 atom stereocenters. The van der Waals surface area contributed by atoms with Crippen LogP contribution in [0, 0.1) is 18.8 Å². The monoisotopic (exact) mass is 609 g/mol. The summed E-state index contributed by atoms with van der Waals surface area (Å²) >= 11 is 1.38. The molecule has 2 aromatic carbocycles. The van der Waals surface area contributed by atoms with E-state index in [0.717, 1.165) is 11.1 Å². The molecule has 0 unspecified atom stereocenters. The van der Waals surface area contributed by atoms with Gasteiger partial charge in [-0.25, -0.2) is 9.59 Å². The van der Waals surface area contributed by atoms with E-state index in [1.54, 1.807) is 26.2 Å². The minimum atomic E-state index is -1.19. The molecule has 0 saturated carbocycles. The normalized spacial score (nSPS) is 25.7. The van der Waals surface area contributed by atoms with Crippen molar-refractivity contribution in [3.8, 4) is 5.75 Å². The molecule has 2 saturated heterocycles. The van der Waals surface area contributed by atoms with E-state index in [9.17, 15) is 34.5 Å². The van der Waals surface area contributed by atoms with Gasteiger partial charge in [0.05, 0.1) is 36.8 Å². The third-order valence-corrected chi connectivity index (χ3v) is 9.88. The molecule has 12 heteroatoms. The molecule has 0 aromatic heterocycles. The summed E-state index contributed by atoms with van der Waals surface area (Å²) in [5.74, 6) is -3.22. The van der Waals surface area contributed by atoms with E-state index < -0.39 is 36.0 Å². The summed E-state index contributed by atoms with van der Waals surface area (Å²) in [5.41, 5.74) is 2.33. The van der Waals surface area contributed by atoms with Crippen LogP contribution in [0.1, 0.15) is 41.8 Å². The van der Waals surface area contributed by atoms with Crippen LogP contribution in [0.4, 0.5) is 5.69 Å². The number of anilines is 1. The second-order valence-electron chi connectivity index (χ2n) is 11.4. The number of likely N-dealkylation sites (tertiary alicyclic amines) is 1. The summed E-state index contributed by atoms with van der Waals surface area (Å²) in [6, 6.07) is 10.9. The summed E-state index contributed by atoms with van der Waals surface area (Å²) < 4.78 is 5.44. The zero-order chi connectivity index (χ0) is 31.2. The molecule has 3 heterocycles. The first-order chi connectivity index (χ1) is 20.4. The van der Waals surface area contributed by atoms with E-state index in [1.807, 2.05) is 36.9 Å². The number of carbonyl (C=O) groups excluding carboxylic acids is 2. The standard InChI is InChI=1S/C31H35N3O8S/c1-15-8-18(10-21(9-15)42-4)13-33-14-22(12-23(33)28(36)32-20-7-5-6-19(11-20)30(38)39)43-27-16(2)25-24(17(3)35)29(37)34(25)26(27)31(40)41/h5-11,16-17,22-25,35H,12-14H2,1-4H3,(H,32,36)(H,38,39)(H,40,41)/t16-,17-,22+,23+,24-,25-/m1/s1. The fourth-order valence-corrected chi connectivity index (χ4v) is 8.03. The van der Waals surface area contributed by atoms with Gasteiger partial charge in [0.25, 0.3) is 0 Å². The molecule has 0 aliphatic carbocycles. The van der Waals surface area contributed by atoms with Crippen LogP contribution in [0.5, 0.6) is 5.75 Å². The van der Waals surface area contributed by atoms with Gasteiger partial charge in [0.1, 0.15) is 11.4 Å². The lowest BCUT2D eigenvalue weighted by Crippen LogP contribution is -2.63. The Bertz CT molecular complexity index is 1510. The van der Waals surface area contributed by atoms with Gasteiger partial charge in [-0.15, -0.1) is 11.8 Å². The molecule has 0 spiro atoms. The lowest BCUT2D eigenvalue weighted by Gasteiger charge is -2.46. The number of hydrogen-bond acceptors (Lipinski definition) is 8. The first-order valence-corrected chi connectivity index (χ1v) is 15.0. The number of benzene rings is 2. The summed E-state index contributed by atoms with van der Waals surface area (Å²) in [4.78, 5) is 54.1. The number of thioether (sulfide) groups is 1. The SMILES string of the molecule is COc1cc(C)cc(CN2C[C@@H](SC3=C(C(=O)O)N4C(=O)[C@H]([C@@H](C)O)[C@H]4[C@H]3C)C[C@H]2C(=O)Nc2cccc(C(=O)O)c2)c1. The maximum atomic E-state index is 13.7. The van der Waals surface area contributed by atoms with Crippen LogP contribution in [-0.2, 0) is 20.9 Å². The van der Waals surface area contributed by atoms with Gasteiger partial charge in [0.2, 0.25) is 11.8 Å². The number of carboxylic acid groups (broad SMARTS) is 2. The van der Waals surface area contributed by atoms with Crippen LogP contribution in [0.2, 0.25) is 0 Å². The number of fused-ring (bicyclic) bond motifs is 1. The molecule has 0 bridgehead atoms. The zero-order valence-corrected chi connectivity index (χ0v) is 25.1. The van der Waals surface area contributed by atoms with E-state index in [-0.39, 0.29) is 34.2 Å². The number of carboxylic acids is 2. The van der Waals surface area contributed by atoms with Crippen LogP contribution in [-0.4, -0.2) is 86.0 Å². The third kappa shape index (κ3) is 5.86. The number of β-lactam (4-membered cyclic amide) rings is 1. The number of methoxy groups -OCH3 is 1. The summed E-state index contributed by atoms with van der Waals surface area (Å²) in [5, 5.41) is 32.3. The number of hydrogen-bond donors (Lipinski definition) is 4. The van der Waals surface area contributed by atoms with Crippen LogP contribution in [0.25, 0.3) is 0 Å². The van der Waals surface area contributed by atoms with Crippen molar-refractivity contribution in [3.05, 3.63) is 69.8 Å². The number of nitrogens with one attached hydrogen (secondary N) is 1. The van der Waals surface area contributed by atoms with E-state index >= 15 is 0 Å². The predicted octanol–water partition coefficient (Wildman–Crippen LogP) is 3.17. The first-order valence-electron chi connectivity index (χ1n) is 14.1. The Labute approximate surface area is 253 Å². The van der Waals surface area contributed by atoms with Gasteiger partial charge in [0, 0.05) is 34.8 Å². The minimum absolute atomic E-state index is 0.0437. The van der Waals surface area contributed by atoms with Crippen molar-refractivity contribution >= 4 is 41.2 Å². The molecule has 2 fully saturated rings. The molecule has 2 amide bonds. The maximum absolute atomic E-state index is 13.7. The number of aliphatic carboxylic acids is 1. The number of nitrogens with zero attached hydrogens (tertiary/aromatic N) is 2. The van der Waals surface area contributed by atoms with Gasteiger partial charge in [-0.1, -0.05) is 19.1 Å². The average Bonchev–Trinajstić information content (AvgIpc) is 3.44. The quantitative estimate of drug-likeness (QED) is 0.295. The van der Waals surface area contributed by atoms with Crippen LogP contribution in [0.3, 0.4) is 0 Å². The predicted molar refractivity (Wildman–Crippen MR) is 160 cm³/mol. The summed E-state index contributed by atoms with van der Waals surface area (Å²) in [6.07, 6.45) is -0.490. The number of aliphatic hydroxyl groups is 1. The van der Waals surface area contributed by atoms with E-state index in [2.05, 4.69) is 5.32 Å². The lowest BCUT2D eigenvalue weighted by atomic mass is 9.79. The molecule has 3 aliphatic rings. The van der Waals surface area contributed by atoms with Crippen molar-refractivity contribution in [2.75, 3.05) is 19.0 Å². The summed E-state index contributed by atoms with van der Waals surface area (Å²) in [6.45, 7) is 6.28. The topological polar surface area (TPSA) is 157 Å². The molecule has 4 N–H and O–H groups in total. The number of carbonyl (C=O) groups is 4. The summed E-state index contributed by atoms with van der Waals surface area (Å²) in [7, 11) is 1.59. The number of aryl methyl sites for hydroxylation is 1. The molecule has 0 radical (unpaired) electrons. The average molecular weight is 610 g/mol. The van der Waals surface area contributed by atoms with E-state index in [4.69, 9.17) is 4.74 Å². The van der Waals surface area contributed by atoms with Crippen molar-refractivity contribution in [2.24, 2.45) is 11.8 Å². The highest BCUT2D eigenvalue weighted by atomic mass is 32.2. The van der Waals surface area contributed by atoms with Gasteiger partial charge in [0.15, 0.2) is 0 Å². The Morgan fingerprint density at radius 3 is 2.53 bits per heavy atom. The van der Waals surface area contributed by atoms with Crippen molar-refractivity contribution in [1.82, 2.24) is 9.80 Å². The molecule has 11 nitrogen and oxygen atoms in total. The highest BCUT2D eigenvalue weighted by Crippen LogP contribution is 2.52. The van der Waals surface area contributed by atoms with Crippen molar-refractivity contribution < 1.29 is 39.2 Å². The fraction of sp³-hybridized carbons (Fsp3) is 0.419. The second-order valence-corrected chi connectivity index (χ2v) is 12.8. The molecule has 43 heavy (non-hydrogen) atoms. The highest BCUT2D eigenvalue weighted by molar-refractivity contribution is 8.03.